The Morgan fingerprint density at radius 1 is 0.545 bits per heavy atom. The van der Waals surface area contributed by atoms with Gasteiger partial charge in [0.25, 0.3) is 0 Å². The summed E-state index contributed by atoms with van der Waals surface area (Å²) >= 11 is 0. The number of rotatable bonds is 4. The summed E-state index contributed by atoms with van der Waals surface area (Å²) in [7, 11) is -1.77. The van der Waals surface area contributed by atoms with Crippen LogP contribution in [-0.2, 0) is 22.4 Å². The Bertz CT molecular complexity index is 612. The zero-order valence-electron chi connectivity index (χ0n) is 12.2. The van der Waals surface area contributed by atoms with Crippen LogP contribution in [-0.4, -0.2) is 0 Å². The van der Waals surface area contributed by atoms with Crippen molar-refractivity contribution in [3.63, 3.8) is 0 Å². The Balaban J connectivity index is 0.00000176. The van der Waals surface area contributed by atoms with Crippen LogP contribution in [0.3, 0.4) is 0 Å². The summed E-state index contributed by atoms with van der Waals surface area (Å²) in [5.74, 6) is 2.16. The number of benzene rings is 3. The first kappa shape index (κ1) is 16.9. The molecule has 0 aliphatic carbocycles. The minimum Gasteiger partial charge on any atom is -0.0627 e. The molecular formula is C20H18AuP+. The van der Waals surface area contributed by atoms with Crippen molar-refractivity contribution in [3.05, 3.63) is 103 Å². The van der Waals surface area contributed by atoms with E-state index in [1.807, 2.05) is 0 Å². The predicted molar refractivity (Wildman–Crippen MR) is 95.3 cm³/mol. The fourth-order valence-electron chi connectivity index (χ4n) is 2.75. The van der Waals surface area contributed by atoms with E-state index in [2.05, 4.69) is 103 Å². The molecule has 113 valence electrons. The van der Waals surface area contributed by atoms with Gasteiger partial charge in [0.1, 0.15) is 23.2 Å². The molecule has 1 radical (unpaired) electrons. The van der Waals surface area contributed by atoms with Crippen molar-refractivity contribution in [3.8, 4) is 0 Å². The van der Waals surface area contributed by atoms with Crippen molar-refractivity contribution in [2.45, 2.75) is 0 Å². The maximum atomic E-state index is 4.21. The number of hydrogen-bond donors (Lipinski definition) is 0. The minimum atomic E-state index is -1.77. The van der Waals surface area contributed by atoms with Crippen LogP contribution in [0.15, 0.2) is 103 Å². The molecule has 0 aliphatic rings. The van der Waals surface area contributed by atoms with Crippen molar-refractivity contribution in [2.24, 2.45) is 0 Å². The average molecular weight is 486 g/mol. The molecule has 0 aromatic heterocycles. The van der Waals surface area contributed by atoms with Crippen LogP contribution in [0, 0.1) is 0 Å². The smallest absolute Gasteiger partial charge is 0.0627 e. The van der Waals surface area contributed by atoms with Gasteiger partial charge in [-0.3, -0.25) is 0 Å². The van der Waals surface area contributed by atoms with E-state index in [9.17, 15) is 0 Å². The van der Waals surface area contributed by atoms with E-state index in [0.717, 1.165) is 0 Å². The molecule has 0 heterocycles. The maximum absolute atomic E-state index is 4.21. The van der Waals surface area contributed by atoms with Gasteiger partial charge in [0.15, 0.2) is 0 Å². The van der Waals surface area contributed by atoms with Crippen molar-refractivity contribution in [1.29, 1.82) is 0 Å². The molecule has 3 aromatic carbocycles. The summed E-state index contributed by atoms with van der Waals surface area (Å²) < 4.78 is 0. The molecule has 3 aromatic rings. The molecule has 0 bridgehead atoms. The first-order valence-electron chi connectivity index (χ1n) is 7.07. The quantitative estimate of drug-likeness (QED) is 0.385. The van der Waals surface area contributed by atoms with Crippen LogP contribution in [0.5, 0.6) is 0 Å². The Morgan fingerprint density at radius 2 is 0.818 bits per heavy atom. The third-order valence-electron chi connectivity index (χ3n) is 3.76. The Morgan fingerprint density at radius 3 is 1.05 bits per heavy atom. The summed E-state index contributed by atoms with van der Waals surface area (Å²) in [6.07, 6.45) is 0. The third kappa shape index (κ3) is 3.02. The molecule has 0 saturated heterocycles. The Labute approximate surface area is 148 Å². The van der Waals surface area contributed by atoms with Gasteiger partial charge in [-0.05, 0) is 36.4 Å². The zero-order valence-corrected chi connectivity index (χ0v) is 15.3. The van der Waals surface area contributed by atoms with Gasteiger partial charge in [-0.2, -0.15) is 0 Å². The predicted octanol–water partition coefficient (Wildman–Crippen LogP) is 4.12. The maximum Gasteiger partial charge on any atom is 0.136 e. The van der Waals surface area contributed by atoms with Gasteiger partial charge in [0.05, 0.1) is 5.82 Å². The van der Waals surface area contributed by atoms with E-state index in [1.54, 1.807) is 0 Å². The molecule has 22 heavy (non-hydrogen) atoms. The normalized spacial score (nSPS) is 10.5. The van der Waals surface area contributed by atoms with Crippen LogP contribution in [0.4, 0.5) is 0 Å². The molecule has 0 spiro atoms. The largest absolute Gasteiger partial charge is 0.136 e. The van der Waals surface area contributed by atoms with E-state index in [4.69, 9.17) is 0 Å². The van der Waals surface area contributed by atoms with E-state index in [-0.39, 0.29) is 22.4 Å². The molecule has 3 rings (SSSR count). The summed E-state index contributed by atoms with van der Waals surface area (Å²) in [5.41, 5.74) is 0. The monoisotopic (exact) mass is 486 g/mol. The van der Waals surface area contributed by atoms with Crippen molar-refractivity contribution >= 4 is 23.2 Å². The molecule has 0 amide bonds. The SMILES string of the molecule is C=C[P+](c1ccccc1)(c1ccccc1)c1ccccc1.[Au]. The molecule has 0 aliphatic heterocycles. The summed E-state index contributed by atoms with van der Waals surface area (Å²) in [6.45, 7) is 4.21. The van der Waals surface area contributed by atoms with Gasteiger partial charge in [0, 0.05) is 22.4 Å². The van der Waals surface area contributed by atoms with Gasteiger partial charge < -0.3 is 0 Å². The average Bonchev–Trinajstić information content (AvgIpc) is 2.59. The van der Waals surface area contributed by atoms with Gasteiger partial charge in [-0.15, -0.1) is 0 Å². The summed E-state index contributed by atoms with van der Waals surface area (Å²) in [4.78, 5) is 0. The molecule has 0 nitrogen and oxygen atoms in total. The third-order valence-corrected chi connectivity index (χ3v) is 7.65. The first-order valence-corrected chi connectivity index (χ1v) is 8.93. The minimum absolute atomic E-state index is 0. The van der Waals surface area contributed by atoms with E-state index in [1.165, 1.54) is 15.9 Å². The molecule has 2 heteroatoms. The first-order chi connectivity index (χ1) is 10.4. The van der Waals surface area contributed by atoms with Gasteiger partial charge in [0.2, 0.25) is 0 Å². The molecule has 0 atom stereocenters. The van der Waals surface area contributed by atoms with Crippen molar-refractivity contribution in [2.75, 3.05) is 0 Å². The Hall–Kier alpha value is -1.43. The van der Waals surface area contributed by atoms with Crippen LogP contribution in [0.25, 0.3) is 0 Å². The molecular weight excluding hydrogens is 468 g/mol. The topological polar surface area (TPSA) is 0 Å². The second-order valence-electron chi connectivity index (χ2n) is 4.91. The fraction of sp³-hybridized carbons (Fsp3) is 0. The summed E-state index contributed by atoms with van der Waals surface area (Å²) in [6, 6.07) is 32.2. The van der Waals surface area contributed by atoms with Crippen LogP contribution < -0.4 is 15.9 Å². The zero-order chi connectivity index (χ0) is 14.5. The Kier molecular flexibility index (Phi) is 5.94. The number of hydrogen-bond acceptors (Lipinski definition) is 0. The molecule has 0 saturated carbocycles. The molecule has 0 unspecified atom stereocenters. The van der Waals surface area contributed by atoms with E-state index >= 15 is 0 Å². The second-order valence-corrected chi connectivity index (χ2v) is 8.27. The van der Waals surface area contributed by atoms with Crippen molar-refractivity contribution in [1.82, 2.24) is 0 Å². The van der Waals surface area contributed by atoms with Crippen LogP contribution in [0.1, 0.15) is 0 Å². The summed E-state index contributed by atoms with van der Waals surface area (Å²) in [5, 5.41) is 4.03. The van der Waals surface area contributed by atoms with Crippen molar-refractivity contribution < 1.29 is 22.4 Å². The molecule has 0 N–H and O–H groups in total. The van der Waals surface area contributed by atoms with Gasteiger partial charge in [-0.1, -0.05) is 61.2 Å². The van der Waals surface area contributed by atoms with Gasteiger partial charge >= 0.3 is 0 Å². The van der Waals surface area contributed by atoms with Crippen LogP contribution in [0.2, 0.25) is 0 Å². The van der Waals surface area contributed by atoms with Gasteiger partial charge in [-0.25, -0.2) is 0 Å². The fourth-order valence-corrected chi connectivity index (χ4v) is 6.21. The second kappa shape index (κ2) is 7.72. The molecule has 0 fully saturated rings. The van der Waals surface area contributed by atoms with E-state index in [0.29, 0.717) is 0 Å². The standard InChI is InChI=1S/C20H18P.Au/c1-2-21(18-12-6-3-7-13-18,19-14-8-4-9-15-19)20-16-10-5-11-17-20;/h2-17H,1H2;/q+1;. The van der Waals surface area contributed by atoms with Crippen LogP contribution >= 0.6 is 7.26 Å². The van der Waals surface area contributed by atoms with E-state index < -0.39 is 7.26 Å².